The molecule has 0 saturated carbocycles. The van der Waals surface area contributed by atoms with E-state index < -0.39 is 27.8 Å². The molecule has 4 rings (SSSR count). The Morgan fingerprint density at radius 1 is 1.06 bits per heavy atom. The molecule has 7 nitrogen and oxygen atoms in total. The summed E-state index contributed by atoms with van der Waals surface area (Å²) in [5.74, 6) is -0.864. The molecule has 1 N–H and O–H groups in total. The van der Waals surface area contributed by atoms with Gasteiger partial charge in [-0.3, -0.25) is 9.59 Å². The van der Waals surface area contributed by atoms with Gasteiger partial charge in [-0.05, 0) is 42.5 Å². The molecule has 1 atom stereocenters. The number of hydrogen-bond acceptors (Lipinski definition) is 5. The number of rotatable bonds is 5. The number of carbonyl (C=O) groups excluding carboxylic acids is 2. The summed E-state index contributed by atoms with van der Waals surface area (Å²) in [6.07, 6.45) is 0. The van der Waals surface area contributed by atoms with Crippen LogP contribution in [0.2, 0.25) is 5.02 Å². The van der Waals surface area contributed by atoms with Crippen LogP contribution >= 0.6 is 11.6 Å². The minimum Gasteiger partial charge on any atom is -0.455 e. The van der Waals surface area contributed by atoms with Gasteiger partial charge in [0, 0.05) is 0 Å². The van der Waals surface area contributed by atoms with Crippen LogP contribution in [0, 0.1) is 5.92 Å². The number of halogens is 1. The highest BCUT2D eigenvalue weighted by Crippen LogP contribution is 2.33. The highest BCUT2D eigenvalue weighted by atomic mass is 35.5. The number of para-hydroxylation sites is 3. The molecule has 0 bridgehead atoms. The lowest BCUT2D eigenvalue weighted by atomic mass is 10.1. The molecule has 0 radical (unpaired) electrons. The zero-order chi connectivity index (χ0) is 22.9. The van der Waals surface area contributed by atoms with E-state index in [0.717, 1.165) is 4.31 Å². The average molecular weight is 471 g/mol. The quantitative estimate of drug-likeness (QED) is 0.583. The standard InChI is InChI=1S/C23H19ClN2O5S/c1-15-14-32(29,30)26(23(15)28)16-11-12-18(19(24)13-16)22(27)25-20-9-5-6-10-21(20)31-17-7-3-2-4-8-17/h2-13,15H,14H2,1H3,(H,25,27). The molecule has 1 saturated heterocycles. The first-order valence-corrected chi connectivity index (χ1v) is 11.7. The number of amides is 2. The van der Waals surface area contributed by atoms with Gasteiger partial charge >= 0.3 is 0 Å². The van der Waals surface area contributed by atoms with Gasteiger partial charge in [-0.1, -0.05) is 48.9 Å². The fourth-order valence-electron chi connectivity index (χ4n) is 3.37. The number of anilines is 2. The molecule has 1 aliphatic rings. The van der Waals surface area contributed by atoms with Gasteiger partial charge in [0.1, 0.15) is 5.75 Å². The number of nitrogens with zero attached hydrogens (tertiary/aromatic N) is 1. The Bertz CT molecular complexity index is 1290. The van der Waals surface area contributed by atoms with Gasteiger partial charge in [0.15, 0.2) is 5.75 Å². The van der Waals surface area contributed by atoms with Crippen LogP contribution in [0.15, 0.2) is 72.8 Å². The summed E-state index contributed by atoms with van der Waals surface area (Å²) in [7, 11) is -3.76. The van der Waals surface area contributed by atoms with Gasteiger partial charge < -0.3 is 10.1 Å². The van der Waals surface area contributed by atoms with E-state index in [2.05, 4.69) is 5.32 Å². The van der Waals surface area contributed by atoms with Gasteiger partial charge in [0.25, 0.3) is 5.91 Å². The van der Waals surface area contributed by atoms with Crippen LogP contribution in [0.5, 0.6) is 11.5 Å². The summed E-state index contributed by atoms with van der Waals surface area (Å²) in [5.41, 5.74) is 0.670. The topological polar surface area (TPSA) is 92.8 Å². The van der Waals surface area contributed by atoms with Crippen molar-refractivity contribution in [2.24, 2.45) is 5.92 Å². The number of nitrogens with one attached hydrogen (secondary N) is 1. The maximum absolute atomic E-state index is 12.9. The van der Waals surface area contributed by atoms with Crippen molar-refractivity contribution in [1.82, 2.24) is 0 Å². The van der Waals surface area contributed by atoms with Crippen molar-refractivity contribution in [2.75, 3.05) is 15.4 Å². The molecule has 9 heteroatoms. The highest BCUT2D eigenvalue weighted by molar-refractivity contribution is 7.94. The second kappa shape index (κ2) is 8.64. The molecular weight excluding hydrogens is 452 g/mol. The molecule has 0 aromatic heterocycles. The van der Waals surface area contributed by atoms with Crippen LogP contribution in [-0.2, 0) is 14.8 Å². The van der Waals surface area contributed by atoms with Crippen LogP contribution in [-0.4, -0.2) is 26.0 Å². The van der Waals surface area contributed by atoms with Gasteiger partial charge in [-0.25, -0.2) is 12.7 Å². The van der Waals surface area contributed by atoms with E-state index in [1.165, 1.54) is 18.2 Å². The maximum atomic E-state index is 12.9. The van der Waals surface area contributed by atoms with E-state index in [4.69, 9.17) is 16.3 Å². The first-order valence-electron chi connectivity index (χ1n) is 9.76. The number of benzene rings is 3. The molecule has 1 heterocycles. The summed E-state index contributed by atoms with van der Waals surface area (Å²) >= 11 is 6.29. The second-order valence-electron chi connectivity index (χ2n) is 7.31. The van der Waals surface area contributed by atoms with Gasteiger partial charge in [-0.15, -0.1) is 0 Å². The minimum absolute atomic E-state index is 0.0176. The lowest BCUT2D eigenvalue weighted by Crippen LogP contribution is -2.30. The largest absolute Gasteiger partial charge is 0.455 e. The smallest absolute Gasteiger partial charge is 0.257 e. The van der Waals surface area contributed by atoms with Gasteiger partial charge in [0.2, 0.25) is 15.9 Å². The van der Waals surface area contributed by atoms with Crippen LogP contribution in [0.25, 0.3) is 0 Å². The normalized spacial score (nSPS) is 17.2. The summed E-state index contributed by atoms with van der Waals surface area (Å²) in [4.78, 5) is 25.2. The second-order valence-corrected chi connectivity index (χ2v) is 9.58. The Balaban J connectivity index is 1.57. The Morgan fingerprint density at radius 3 is 2.41 bits per heavy atom. The molecule has 1 aliphatic heterocycles. The molecule has 0 spiro atoms. The predicted molar refractivity (Wildman–Crippen MR) is 123 cm³/mol. The Kier molecular flexibility index (Phi) is 5.90. The Labute approximate surface area is 190 Å². The third-order valence-corrected chi connectivity index (χ3v) is 7.08. The molecule has 2 amide bonds. The Morgan fingerprint density at radius 2 is 1.75 bits per heavy atom. The van der Waals surface area contributed by atoms with Crippen molar-refractivity contribution < 1.29 is 22.7 Å². The maximum Gasteiger partial charge on any atom is 0.257 e. The van der Waals surface area contributed by atoms with Crippen molar-refractivity contribution in [3.8, 4) is 11.5 Å². The van der Waals surface area contributed by atoms with Crippen LogP contribution in [0.1, 0.15) is 17.3 Å². The molecule has 1 fully saturated rings. The SMILES string of the molecule is CC1CS(=O)(=O)N(c2ccc(C(=O)Nc3ccccc3Oc3ccccc3)c(Cl)c2)C1=O. The zero-order valence-corrected chi connectivity index (χ0v) is 18.6. The molecule has 32 heavy (non-hydrogen) atoms. The highest BCUT2D eigenvalue weighted by Gasteiger charge is 2.42. The van der Waals surface area contributed by atoms with E-state index >= 15 is 0 Å². The molecular formula is C23H19ClN2O5S. The lowest BCUT2D eigenvalue weighted by molar-refractivity contribution is -0.119. The van der Waals surface area contributed by atoms with Crippen LogP contribution in [0.3, 0.4) is 0 Å². The van der Waals surface area contributed by atoms with Crippen LogP contribution < -0.4 is 14.4 Å². The summed E-state index contributed by atoms with van der Waals surface area (Å²) in [6.45, 7) is 1.55. The molecule has 164 valence electrons. The first kappa shape index (κ1) is 21.9. The van der Waals surface area contributed by atoms with E-state index in [9.17, 15) is 18.0 Å². The van der Waals surface area contributed by atoms with Crippen molar-refractivity contribution in [3.63, 3.8) is 0 Å². The fraction of sp³-hybridized carbons (Fsp3) is 0.130. The van der Waals surface area contributed by atoms with E-state index in [1.807, 2.05) is 18.2 Å². The van der Waals surface area contributed by atoms with Gasteiger partial charge in [0.05, 0.1) is 33.6 Å². The molecule has 3 aromatic rings. The molecule has 0 aliphatic carbocycles. The molecule has 3 aromatic carbocycles. The number of hydrogen-bond donors (Lipinski definition) is 1. The van der Waals surface area contributed by atoms with Crippen LogP contribution in [0.4, 0.5) is 11.4 Å². The van der Waals surface area contributed by atoms with Crippen molar-refractivity contribution in [3.05, 3.63) is 83.4 Å². The summed E-state index contributed by atoms with van der Waals surface area (Å²) in [6, 6.07) is 20.2. The number of sulfonamides is 1. The van der Waals surface area contributed by atoms with Gasteiger partial charge in [-0.2, -0.15) is 0 Å². The minimum atomic E-state index is -3.76. The zero-order valence-electron chi connectivity index (χ0n) is 17.0. The van der Waals surface area contributed by atoms with E-state index in [0.29, 0.717) is 17.2 Å². The molecule has 1 unspecified atom stereocenters. The summed E-state index contributed by atoms with van der Waals surface area (Å²) < 4.78 is 31.2. The van der Waals surface area contributed by atoms with E-state index in [-0.39, 0.29) is 22.0 Å². The number of carbonyl (C=O) groups is 2. The Hall–Kier alpha value is -3.36. The first-order chi connectivity index (χ1) is 15.3. The summed E-state index contributed by atoms with van der Waals surface area (Å²) in [5, 5.41) is 2.78. The van der Waals surface area contributed by atoms with E-state index in [1.54, 1.807) is 43.3 Å². The van der Waals surface area contributed by atoms with Crippen molar-refractivity contribution >= 4 is 44.8 Å². The third-order valence-electron chi connectivity index (χ3n) is 4.90. The average Bonchev–Trinajstić information content (AvgIpc) is 2.96. The lowest BCUT2D eigenvalue weighted by Gasteiger charge is -2.17. The fourth-order valence-corrected chi connectivity index (χ4v) is 5.44. The van der Waals surface area contributed by atoms with Crippen molar-refractivity contribution in [2.45, 2.75) is 6.92 Å². The van der Waals surface area contributed by atoms with Crippen molar-refractivity contribution in [1.29, 1.82) is 0 Å². The monoisotopic (exact) mass is 470 g/mol. The number of ether oxygens (including phenoxy) is 1. The predicted octanol–water partition coefficient (Wildman–Crippen LogP) is 4.70. The third kappa shape index (κ3) is 4.32.